The van der Waals surface area contributed by atoms with E-state index in [2.05, 4.69) is 25.3 Å². The number of morpholine rings is 1. The van der Waals surface area contributed by atoms with Gasteiger partial charge in [-0.15, -0.1) is 0 Å². The predicted octanol–water partition coefficient (Wildman–Crippen LogP) is 3.76. The minimum atomic E-state index is -0.568. The molecule has 10 heteroatoms. The maximum absolute atomic E-state index is 14.2. The molecule has 4 rings (SSSR count). The standard InChI is InChI=1S/C23H24ClFN6O2/c1-13-5-6-17(21-26-7-4-8-27-21)20(30-13)23(32)31-12-14(2)33-15(3)19(31)11-29-22-18(25)9-16(24)10-28-22/h4-10,14-15,19H,11-12H2,1-3H3,(H,28,29)/t14-,15+,19-/m1/s1. The molecule has 3 atom stereocenters. The van der Waals surface area contributed by atoms with Gasteiger partial charge in [-0.2, -0.15) is 0 Å². The highest BCUT2D eigenvalue weighted by Crippen LogP contribution is 2.26. The van der Waals surface area contributed by atoms with E-state index in [1.165, 1.54) is 12.3 Å². The lowest BCUT2D eigenvalue weighted by Crippen LogP contribution is -2.58. The molecular weight excluding hydrogens is 447 g/mol. The van der Waals surface area contributed by atoms with Gasteiger partial charge in [-0.25, -0.2) is 24.3 Å². The van der Waals surface area contributed by atoms with Crippen molar-refractivity contribution < 1.29 is 13.9 Å². The van der Waals surface area contributed by atoms with Crippen LogP contribution in [0.2, 0.25) is 5.02 Å². The Hall–Kier alpha value is -3.17. The third kappa shape index (κ3) is 5.09. The number of hydrogen-bond donors (Lipinski definition) is 1. The van der Waals surface area contributed by atoms with Crippen LogP contribution >= 0.6 is 11.6 Å². The molecule has 0 aliphatic carbocycles. The highest BCUT2D eigenvalue weighted by Gasteiger charge is 2.37. The molecule has 3 aromatic heterocycles. The van der Waals surface area contributed by atoms with E-state index < -0.39 is 11.9 Å². The summed E-state index contributed by atoms with van der Waals surface area (Å²) >= 11 is 5.80. The number of nitrogens with one attached hydrogen (secondary N) is 1. The molecule has 8 nitrogen and oxygen atoms in total. The summed E-state index contributed by atoms with van der Waals surface area (Å²) in [5.74, 6) is -0.351. The second kappa shape index (κ2) is 9.76. The first-order valence-electron chi connectivity index (χ1n) is 10.6. The normalized spacial score (nSPS) is 20.5. The van der Waals surface area contributed by atoms with E-state index in [0.717, 1.165) is 0 Å². The molecule has 33 heavy (non-hydrogen) atoms. The Morgan fingerprint density at radius 1 is 1.27 bits per heavy atom. The van der Waals surface area contributed by atoms with Crippen LogP contribution in [0.25, 0.3) is 11.4 Å². The predicted molar refractivity (Wildman–Crippen MR) is 123 cm³/mol. The quantitative estimate of drug-likeness (QED) is 0.606. The van der Waals surface area contributed by atoms with Gasteiger partial charge in [-0.1, -0.05) is 11.6 Å². The Morgan fingerprint density at radius 2 is 2.03 bits per heavy atom. The van der Waals surface area contributed by atoms with Crippen LogP contribution in [0.5, 0.6) is 0 Å². The number of aryl methyl sites for hydroxylation is 1. The van der Waals surface area contributed by atoms with Crippen LogP contribution in [0.1, 0.15) is 30.0 Å². The van der Waals surface area contributed by atoms with Crippen molar-refractivity contribution in [1.29, 1.82) is 0 Å². The molecule has 3 aromatic rings. The third-order valence-corrected chi connectivity index (χ3v) is 5.64. The molecule has 0 radical (unpaired) electrons. The molecule has 0 unspecified atom stereocenters. The van der Waals surface area contributed by atoms with Crippen molar-refractivity contribution in [2.75, 3.05) is 18.4 Å². The van der Waals surface area contributed by atoms with E-state index in [1.54, 1.807) is 29.4 Å². The molecule has 1 aliphatic rings. The van der Waals surface area contributed by atoms with Gasteiger partial charge in [0.05, 0.1) is 28.8 Å². The van der Waals surface area contributed by atoms with E-state index in [0.29, 0.717) is 23.6 Å². The molecule has 1 N–H and O–H groups in total. The molecule has 1 amide bonds. The number of nitrogens with zero attached hydrogens (tertiary/aromatic N) is 5. The van der Waals surface area contributed by atoms with Crippen LogP contribution < -0.4 is 5.32 Å². The van der Waals surface area contributed by atoms with Crippen LogP contribution in [-0.4, -0.2) is 62.1 Å². The van der Waals surface area contributed by atoms with Gasteiger partial charge in [-0.05, 0) is 45.0 Å². The molecule has 1 aliphatic heterocycles. The van der Waals surface area contributed by atoms with Crippen LogP contribution in [0.3, 0.4) is 0 Å². The fourth-order valence-corrected chi connectivity index (χ4v) is 4.04. The Kier molecular flexibility index (Phi) is 6.80. The lowest BCUT2D eigenvalue weighted by Gasteiger charge is -2.43. The average molecular weight is 471 g/mol. The summed E-state index contributed by atoms with van der Waals surface area (Å²) in [6, 6.07) is 6.13. The summed E-state index contributed by atoms with van der Waals surface area (Å²) in [4.78, 5) is 32.6. The Bertz CT molecular complexity index is 1150. The lowest BCUT2D eigenvalue weighted by atomic mass is 10.0. The second-order valence-electron chi connectivity index (χ2n) is 7.96. The summed E-state index contributed by atoms with van der Waals surface area (Å²) in [5, 5.41) is 3.19. The first kappa shape index (κ1) is 23.0. The number of hydrogen-bond acceptors (Lipinski definition) is 7. The van der Waals surface area contributed by atoms with Crippen LogP contribution in [0, 0.1) is 12.7 Å². The molecule has 4 heterocycles. The molecule has 1 saturated heterocycles. The Morgan fingerprint density at radius 3 is 2.76 bits per heavy atom. The number of amides is 1. The number of anilines is 1. The van der Waals surface area contributed by atoms with Crippen molar-refractivity contribution in [3.8, 4) is 11.4 Å². The van der Waals surface area contributed by atoms with Gasteiger partial charge in [-0.3, -0.25) is 4.79 Å². The first-order chi connectivity index (χ1) is 15.8. The maximum Gasteiger partial charge on any atom is 0.273 e. The number of carbonyl (C=O) groups excluding carboxylic acids is 1. The van der Waals surface area contributed by atoms with Gasteiger partial charge in [0, 0.05) is 37.4 Å². The molecule has 172 valence electrons. The van der Waals surface area contributed by atoms with Crippen molar-refractivity contribution in [3.63, 3.8) is 0 Å². The monoisotopic (exact) mass is 470 g/mol. The highest BCUT2D eigenvalue weighted by molar-refractivity contribution is 6.30. The summed E-state index contributed by atoms with van der Waals surface area (Å²) in [7, 11) is 0. The number of aromatic nitrogens is 4. The molecule has 0 bridgehead atoms. The minimum absolute atomic E-state index is 0.0599. The number of rotatable bonds is 5. The van der Waals surface area contributed by atoms with Crippen LogP contribution in [0.15, 0.2) is 42.9 Å². The Labute approximate surface area is 196 Å². The van der Waals surface area contributed by atoms with Gasteiger partial charge in [0.25, 0.3) is 5.91 Å². The first-order valence-corrected chi connectivity index (χ1v) is 11.0. The second-order valence-corrected chi connectivity index (χ2v) is 8.40. The van der Waals surface area contributed by atoms with Crippen molar-refractivity contribution in [3.05, 3.63) is 65.1 Å². The zero-order valence-electron chi connectivity index (χ0n) is 18.5. The lowest BCUT2D eigenvalue weighted by molar-refractivity contribution is -0.0880. The van der Waals surface area contributed by atoms with Crippen molar-refractivity contribution in [2.24, 2.45) is 0 Å². The fraction of sp³-hybridized carbons (Fsp3) is 0.348. The zero-order chi connectivity index (χ0) is 23.5. The molecule has 1 fully saturated rings. The molecule has 0 aromatic carbocycles. The van der Waals surface area contributed by atoms with Gasteiger partial charge in [0.15, 0.2) is 17.5 Å². The SMILES string of the molecule is Cc1ccc(-c2ncccn2)c(C(=O)N2C[C@@H](C)O[C@@H](C)[C@H]2CNc2ncc(Cl)cc2F)n1. The van der Waals surface area contributed by atoms with Crippen molar-refractivity contribution in [2.45, 2.75) is 39.0 Å². The summed E-state index contributed by atoms with van der Waals surface area (Å²) in [6.45, 7) is 6.21. The molecule has 0 saturated carbocycles. The van der Waals surface area contributed by atoms with Crippen molar-refractivity contribution in [1.82, 2.24) is 24.8 Å². The zero-order valence-corrected chi connectivity index (χ0v) is 19.3. The largest absolute Gasteiger partial charge is 0.372 e. The minimum Gasteiger partial charge on any atom is -0.372 e. The van der Waals surface area contributed by atoms with E-state index in [4.69, 9.17) is 16.3 Å². The summed E-state index contributed by atoms with van der Waals surface area (Å²) < 4.78 is 20.2. The summed E-state index contributed by atoms with van der Waals surface area (Å²) in [6.07, 6.45) is 4.13. The van der Waals surface area contributed by atoms with Gasteiger partial charge in [0.2, 0.25) is 0 Å². The number of pyridine rings is 2. The van der Waals surface area contributed by atoms with E-state index in [-0.39, 0.29) is 41.2 Å². The van der Waals surface area contributed by atoms with E-state index in [1.807, 2.05) is 26.8 Å². The van der Waals surface area contributed by atoms with E-state index in [9.17, 15) is 9.18 Å². The molecule has 0 spiro atoms. The molecular formula is C23H24ClFN6O2. The third-order valence-electron chi connectivity index (χ3n) is 5.43. The smallest absolute Gasteiger partial charge is 0.273 e. The van der Waals surface area contributed by atoms with Crippen molar-refractivity contribution >= 4 is 23.3 Å². The topological polar surface area (TPSA) is 93.1 Å². The van der Waals surface area contributed by atoms with Crippen LogP contribution in [-0.2, 0) is 4.74 Å². The van der Waals surface area contributed by atoms with E-state index >= 15 is 0 Å². The fourth-order valence-electron chi connectivity index (χ4n) is 3.90. The van der Waals surface area contributed by atoms with Gasteiger partial charge >= 0.3 is 0 Å². The summed E-state index contributed by atoms with van der Waals surface area (Å²) in [5.41, 5.74) is 1.52. The number of carbonyl (C=O) groups is 1. The van der Waals surface area contributed by atoms with Gasteiger partial charge < -0.3 is 15.0 Å². The number of halogens is 2. The number of ether oxygens (including phenoxy) is 1. The maximum atomic E-state index is 14.2. The highest BCUT2D eigenvalue weighted by atomic mass is 35.5. The van der Waals surface area contributed by atoms with Crippen LogP contribution in [0.4, 0.5) is 10.2 Å². The average Bonchev–Trinajstić information content (AvgIpc) is 2.79. The van der Waals surface area contributed by atoms with Gasteiger partial charge in [0.1, 0.15) is 5.69 Å². The Balaban J connectivity index is 1.65.